The maximum absolute atomic E-state index is 13.4. The van der Waals surface area contributed by atoms with Crippen molar-refractivity contribution in [3.05, 3.63) is 71.3 Å². The standard InChI is InChI=1S/C18H18F2N2O/c19-15-8-6-13(7-9-15)12-21-18(23)22-10-2-5-17(22)14-3-1-4-16(20)11-14/h1,3-4,6-9,11,17H,2,5,10,12H2,(H,21,23). The highest BCUT2D eigenvalue weighted by atomic mass is 19.1. The molecule has 5 heteroatoms. The maximum atomic E-state index is 13.4. The Morgan fingerprint density at radius 3 is 2.65 bits per heavy atom. The van der Waals surface area contributed by atoms with Crippen LogP contribution in [0.2, 0.25) is 0 Å². The number of halogens is 2. The number of hydrogen-bond donors (Lipinski definition) is 1. The Morgan fingerprint density at radius 1 is 1.13 bits per heavy atom. The Hall–Kier alpha value is -2.43. The molecule has 0 aromatic heterocycles. The van der Waals surface area contributed by atoms with E-state index in [1.54, 1.807) is 23.1 Å². The molecule has 1 N–H and O–H groups in total. The fraction of sp³-hybridized carbons (Fsp3) is 0.278. The molecule has 23 heavy (non-hydrogen) atoms. The summed E-state index contributed by atoms with van der Waals surface area (Å²) in [6.45, 7) is 0.988. The van der Waals surface area contributed by atoms with Crippen molar-refractivity contribution < 1.29 is 13.6 Å². The van der Waals surface area contributed by atoms with Crippen LogP contribution in [0.25, 0.3) is 0 Å². The molecule has 120 valence electrons. The van der Waals surface area contributed by atoms with Gasteiger partial charge in [-0.25, -0.2) is 13.6 Å². The monoisotopic (exact) mass is 316 g/mol. The summed E-state index contributed by atoms with van der Waals surface area (Å²) in [6, 6.07) is 12.1. The van der Waals surface area contributed by atoms with E-state index < -0.39 is 0 Å². The van der Waals surface area contributed by atoms with Gasteiger partial charge >= 0.3 is 6.03 Å². The van der Waals surface area contributed by atoms with Crippen LogP contribution in [0.15, 0.2) is 48.5 Å². The Labute approximate surface area is 133 Å². The predicted molar refractivity (Wildman–Crippen MR) is 83.7 cm³/mol. The van der Waals surface area contributed by atoms with Crippen LogP contribution in [0.4, 0.5) is 13.6 Å². The molecule has 1 unspecified atom stereocenters. The van der Waals surface area contributed by atoms with Crippen LogP contribution < -0.4 is 5.32 Å². The molecular weight excluding hydrogens is 298 g/mol. The molecule has 2 aromatic carbocycles. The van der Waals surface area contributed by atoms with Gasteiger partial charge in [0.1, 0.15) is 11.6 Å². The molecule has 0 bridgehead atoms. The summed E-state index contributed by atoms with van der Waals surface area (Å²) in [7, 11) is 0. The molecule has 1 saturated heterocycles. The molecular formula is C18H18F2N2O. The minimum Gasteiger partial charge on any atom is -0.334 e. The van der Waals surface area contributed by atoms with Crippen LogP contribution in [0.3, 0.4) is 0 Å². The number of rotatable bonds is 3. The SMILES string of the molecule is O=C(NCc1ccc(F)cc1)N1CCCC1c1cccc(F)c1. The molecule has 1 fully saturated rings. The first-order valence-corrected chi connectivity index (χ1v) is 7.68. The highest BCUT2D eigenvalue weighted by Gasteiger charge is 2.29. The average molecular weight is 316 g/mol. The van der Waals surface area contributed by atoms with Gasteiger partial charge in [0.05, 0.1) is 6.04 Å². The zero-order valence-corrected chi connectivity index (χ0v) is 12.6. The fourth-order valence-electron chi connectivity index (χ4n) is 2.95. The summed E-state index contributed by atoms with van der Waals surface area (Å²) in [5.74, 6) is -0.591. The minimum atomic E-state index is -0.300. The zero-order chi connectivity index (χ0) is 16.2. The van der Waals surface area contributed by atoms with Crippen molar-refractivity contribution in [2.75, 3.05) is 6.54 Å². The number of nitrogens with zero attached hydrogens (tertiary/aromatic N) is 1. The van der Waals surface area contributed by atoms with Crippen LogP contribution in [0.1, 0.15) is 30.0 Å². The molecule has 2 aromatic rings. The molecule has 3 nitrogen and oxygen atoms in total. The van der Waals surface area contributed by atoms with Gasteiger partial charge in [-0.05, 0) is 48.2 Å². The second-order valence-corrected chi connectivity index (χ2v) is 5.69. The lowest BCUT2D eigenvalue weighted by Gasteiger charge is -2.25. The van der Waals surface area contributed by atoms with E-state index in [4.69, 9.17) is 0 Å². The smallest absolute Gasteiger partial charge is 0.318 e. The van der Waals surface area contributed by atoms with E-state index in [2.05, 4.69) is 5.32 Å². The Morgan fingerprint density at radius 2 is 1.91 bits per heavy atom. The molecule has 1 aliphatic heterocycles. The third-order valence-electron chi connectivity index (χ3n) is 4.10. The summed E-state index contributed by atoms with van der Waals surface area (Å²) in [4.78, 5) is 14.1. The second kappa shape index (κ2) is 6.77. The van der Waals surface area contributed by atoms with E-state index in [0.29, 0.717) is 13.1 Å². The first-order chi connectivity index (χ1) is 11.1. The molecule has 0 aliphatic carbocycles. The number of carbonyl (C=O) groups is 1. The van der Waals surface area contributed by atoms with Gasteiger partial charge in [-0.1, -0.05) is 24.3 Å². The normalized spacial score (nSPS) is 17.3. The minimum absolute atomic E-state index is 0.0982. The van der Waals surface area contributed by atoms with E-state index in [1.807, 2.05) is 6.07 Å². The number of likely N-dealkylation sites (tertiary alicyclic amines) is 1. The van der Waals surface area contributed by atoms with Crippen molar-refractivity contribution in [2.24, 2.45) is 0 Å². The van der Waals surface area contributed by atoms with Gasteiger partial charge in [-0.15, -0.1) is 0 Å². The summed E-state index contributed by atoms with van der Waals surface area (Å²) in [5, 5.41) is 2.85. The van der Waals surface area contributed by atoms with Crippen LogP contribution in [0.5, 0.6) is 0 Å². The lowest BCUT2D eigenvalue weighted by atomic mass is 10.0. The average Bonchev–Trinajstić information content (AvgIpc) is 3.04. The van der Waals surface area contributed by atoms with Crippen molar-refractivity contribution in [3.63, 3.8) is 0 Å². The first kappa shape index (κ1) is 15.5. The summed E-state index contributed by atoms with van der Waals surface area (Å²) < 4.78 is 26.3. The molecule has 3 rings (SSSR count). The highest BCUT2D eigenvalue weighted by Crippen LogP contribution is 2.32. The van der Waals surface area contributed by atoms with E-state index in [-0.39, 0.29) is 23.7 Å². The van der Waals surface area contributed by atoms with Gasteiger partial charge in [-0.3, -0.25) is 0 Å². The third-order valence-corrected chi connectivity index (χ3v) is 4.10. The van der Waals surface area contributed by atoms with Gasteiger partial charge in [0.15, 0.2) is 0 Å². The highest BCUT2D eigenvalue weighted by molar-refractivity contribution is 5.75. The van der Waals surface area contributed by atoms with Gasteiger partial charge in [0, 0.05) is 13.1 Å². The quantitative estimate of drug-likeness (QED) is 0.911. The van der Waals surface area contributed by atoms with Crippen molar-refractivity contribution in [1.82, 2.24) is 10.2 Å². The number of benzene rings is 2. The molecule has 1 atom stereocenters. The second-order valence-electron chi connectivity index (χ2n) is 5.69. The van der Waals surface area contributed by atoms with E-state index >= 15 is 0 Å². The van der Waals surface area contributed by atoms with Crippen LogP contribution >= 0.6 is 0 Å². The van der Waals surface area contributed by atoms with Gasteiger partial charge < -0.3 is 10.2 Å². The topological polar surface area (TPSA) is 32.3 Å². The lowest BCUT2D eigenvalue weighted by Crippen LogP contribution is -2.39. The summed E-state index contributed by atoms with van der Waals surface area (Å²) >= 11 is 0. The molecule has 1 aliphatic rings. The van der Waals surface area contributed by atoms with Gasteiger partial charge in [0.2, 0.25) is 0 Å². The maximum Gasteiger partial charge on any atom is 0.318 e. The van der Waals surface area contributed by atoms with Crippen molar-refractivity contribution in [1.29, 1.82) is 0 Å². The molecule has 0 radical (unpaired) electrons. The number of amides is 2. The Bertz CT molecular complexity index is 688. The summed E-state index contributed by atoms with van der Waals surface area (Å²) in [5.41, 5.74) is 1.65. The number of urea groups is 1. The Kier molecular flexibility index (Phi) is 4.55. The fourth-order valence-corrected chi connectivity index (χ4v) is 2.95. The summed E-state index contributed by atoms with van der Waals surface area (Å²) in [6.07, 6.45) is 1.72. The van der Waals surface area contributed by atoms with E-state index in [1.165, 1.54) is 24.3 Å². The lowest BCUT2D eigenvalue weighted by molar-refractivity contribution is 0.192. The van der Waals surface area contributed by atoms with Crippen molar-refractivity contribution >= 4 is 6.03 Å². The zero-order valence-electron chi connectivity index (χ0n) is 12.6. The van der Waals surface area contributed by atoms with Crippen molar-refractivity contribution in [2.45, 2.75) is 25.4 Å². The number of hydrogen-bond acceptors (Lipinski definition) is 1. The Balaban J connectivity index is 1.65. The van der Waals surface area contributed by atoms with Crippen LogP contribution in [-0.4, -0.2) is 17.5 Å². The van der Waals surface area contributed by atoms with Crippen molar-refractivity contribution in [3.8, 4) is 0 Å². The van der Waals surface area contributed by atoms with E-state index in [0.717, 1.165) is 24.0 Å². The molecule has 1 heterocycles. The number of carbonyl (C=O) groups excluding carboxylic acids is 1. The van der Waals surface area contributed by atoms with Crippen LogP contribution in [0, 0.1) is 11.6 Å². The predicted octanol–water partition coefficient (Wildman–Crippen LogP) is 4.01. The first-order valence-electron chi connectivity index (χ1n) is 7.68. The molecule has 2 amide bonds. The largest absolute Gasteiger partial charge is 0.334 e. The molecule has 0 spiro atoms. The van der Waals surface area contributed by atoms with E-state index in [9.17, 15) is 13.6 Å². The molecule has 0 saturated carbocycles. The van der Waals surface area contributed by atoms with Crippen LogP contribution in [-0.2, 0) is 6.54 Å². The van der Waals surface area contributed by atoms with Gasteiger partial charge in [0.25, 0.3) is 0 Å². The third kappa shape index (κ3) is 3.67. The van der Waals surface area contributed by atoms with Gasteiger partial charge in [-0.2, -0.15) is 0 Å². The number of nitrogens with one attached hydrogen (secondary N) is 1.